The van der Waals surface area contributed by atoms with Crippen LogP contribution in [-0.4, -0.2) is 4.98 Å². The molecule has 0 atom stereocenters. The van der Waals surface area contributed by atoms with E-state index in [0.29, 0.717) is 16.4 Å². The Kier molecular flexibility index (Phi) is 3.35. The maximum Gasteiger partial charge on any atom is 0.230 e. The molecule has 0 N–H and O–H groups in total. The number of halogens is 2. The molecule has 0 aliphatic heterocycles. The summed E-state index contributed by atoms with van der Waals surface area (Å²) >= 11 is 0. The topological polar surface area (TPSA) is 29.9 Å². The highest BCUT2D eigenvalue weighted by molar-refractivity contribution is 6.09. The highest BCUT2D eigenvalue weighted by Gasteiger charge is 2.24. The Bertz CT molecular complexity index is 1160. The van der Waals surface area contributed by atoms with Crippen molar-refractivity contribution in [3.8, 4) is 11.3 Å². The van der Waals surface area contributed by atoms with Gasteiger partial charge in [0.05, 0.1) is 16.3 Å². The SMILES string of the molecule is Cc1cc(-c2c(C)cc(F)c3c2oc2nc(F)ccc23)[n+](C)cc1C. The van der Waals surface area contributed by atoms with Crippen molar-refractivity contribution in [1.82, 2.24) is 4.98 Å². The maximum absolute atomic E-state index is 14.7. The molecule has 126 valence electrons. The van der Waals surface area contributed by atoms with Crippen LogP contribution in [-0.2, 0) is 7.05 Å². The standard InChI is InChI=1S/C20H17F2N2O/c1-10-8-15(24(4)9-12(10)3)17-11(2)7-14(21)18-13-5-6-16(22)23-20(13)25-19(17)18/h5-9H,1-4H3/q+1. The molecule has 25 heavy (non-hydrogen) atoms. The molecule has 4 aromatic rings. The number of aryl methyl sites for hydroxylation is 4. The van der Waals surface area contributed by atoms with Crippen molar-refractivity contribution >= 4 is 22.1 Å². The first-order chi connectivity index (χ1) is 11.9. The zero-order chi connectivity index (χ0) is 17.9. The summed E-state index contributed by atoms with van der Waals surface area (Å²) in [5.41, 5.74) is 5.24. The van der Waals surface area contributed by atoms with Gasteiger partial charge < -0.3 is 4.42 Å². The van der Waals surface area contributed by atoms with E-state index in [1.807, 2.05) is 38.6 Å². The van der Waals surface area contributed by atoms with E-state index in [-0.39, 0.29) is 5.71 Å². The molecule has 3 heterocycles. The van der Waals surface area contributed by atoms with Gasteiger partial charge in [-0.1, -0.05) is 0 Å². The van der Waals surface area contributed by atoms with E-state index in [2.05, 4.69) is 11.1 Å². The first-order valence-electron chi connectivity index (χ1n) is 8.02. The lowest BCUT2D eigenvalue weighted by molar-refractivity contribution is -0.660. The van der Waals surface area contributed by atoms with Crippen molar-refractivity contribution in [2.45, 2.75) is 20.8 Å². The van der Waals surface area contributed by atoms with E-state index in [9.17, 15) is 8.78 Å². The van der Waals surface area contributed by atoms with Crippen LogP contribution in [0.25, 0.3) is 33.3 Å². The molecule has 3 aromatic heterocycles. The summed E-state index contributed by atoms with van der Waals surface area (Å²) in [7, 11) is 1.94. The minimum atomic E-state index is -0.651. The van der Waals surface area contributed by atoms with Crippen molar-refractivity contribution in [2.75, 3.05) is 0 Å². The van der Waals surface area contributed by atoms with Gasteiger partial charge in [0.25, 0.3) is 0 Å². The van der Waals surface area contributed by atoms with Gasteiger partial charge in [-0.3, -0.25) is 0 Å². The second-order valence-corrected chi connectivity index (χ2v) is 6.48. The summed E-state index contributed by atoms with van der Waals surface area (Å²) in [4.78, 5) is 3.77. The van der Waals surface area contributed by atoms with Crippen LogP contribution in [0.2, 0.25) is 0 Å². The Balaban J connectivity index is 2.18. The molecule has 0 amide bonds. The van der Waals surface area contributed by atoms with E-state index >= 15 is 0 Å². The number of pyridine rings is 2. The van der Waals surface area contributed by atoms with Gasteiger partial charge in [-0.15, -0.1) is 0 Å². The van der Waals surface area contributed by atoms with Gasteiger partial charge >= 0.3 is 0 Å². The van der Waals surface area contributed by atoms with Crippen LogP contribution < -0.4 is 4.57 Å². The van der Waals surface area contributed by atoms with Gasteiger partial charge in [0.1, 0.15) is 12.9 Å². The average Bonchev–Trinajstić information content (AvgIpc) is 2.90. The quantitative estimate of drug-likeness (QED) is 0.372. The second-order valence-electron chi connectivity index (χ2n) is 6.48. The molecule has 4 rings (SSSR count). The zero-order valence-corrected chi connectivity index (χ0v) is 14.4. The molecule has 3 nitrogen and oxygen atoms in total. The molecule has 0 bridgehead atoms. The molecule has 0 fully saturated rings. The summed E-state index contributed by atoms with van der Waals surface area (Å²) in [5, 5.41) is 0.808. The van der Waals surface area contributed by atoms with E-state index < -0.39 is 11.8 Å². The number of aromatic nitrogens is 2. The van der Waals surface area contributed by atoms with E-state index in [1.54, 1.807) is 0 Å². The molecule has 5 heteroatoms. The Labute approximate surface area is 143 Å². The van der Waals surface area contributed by atoms with E-state index in [4.69, 9.17) is 4.42 Å². The first-order valence-corrected chi connectivity index (χ1v) is 8.02. The fraction of sp³-hybridized carbons (Fsp3) is 0.200. The van der Waals surface area contributed by atoms with E-state index in [0.717, 1.165) is 27.9 Å². The van der Waals surface area contributed by atoms with Crippen molar-refractivity contribution in [3.63, 3.8) is 0 Å². The van der Waals surface area contributed by atoms with Gasteiger partial charge in [-0.25, -0.2) is 8.96 Å². The molecule has 0 saturated carbocycles. The van der Waals surface area contributed by atoms with Crippen LogP contribution >= 0.6 is 0 Å². The highest BCUT2D eigenvalue weighted by Crippen LogP contribution is 2.38. The number of nitrogens with zero attached hydrogens (tertiary/aromatic N) is 2. The Morgan fingerprint density at radius 1 is 1.00 bits per heavy atom. The number of hydrogen-bond donors (Lipinski definition) is 0. The fourth-order valence-electron chi connectivity index (χ4n) is 3.33. The first kappa shape index (κ1) is 15.7. The molecular weight excluding hydrogens is 322 g/mol. The summed E-state index contributed by atoms with van der Waals surface area (Å²) in [6, 6.07) is 6.26. The van der Waals surface area contributed by atoms with Crippen LogP contribution in [0.3, 0.4) is 0 Å². The molecule has 0 spiro atoms. The lowest BCUT2D eigenvalue weighted by Gasteiger charge is -2.08. The lowest BCUT2D eigenvalue weighted by atomic mass is 9.98. The van der Waals surface area contributed by atoms with Crippen molar-refractivity contribution in [1.29, 1.82) is 0 Å². The minimum Gasteiger partial charge on any atom is -0.437 e. The largest absolute Gasteiger partial charge is 0.437 e. The summed E-state index contributed by atoms with van der Waals surface area (Å²) in [6.45, 7) is 5.92. The number of furan rings is 1. The molecule has 0 radical (unpaired) electrons. The number of benzene rings is 1. The van der Waals surface area contributed by atoms with Gasteiger partial charge in [-0.05, 0) is 50.1 Å². The highest BCUT2D eigenvalue weighted by atomic mass is 19.1. The van der Waals surface area contributed by atoms with Crippen LogP contribution in [0, 0.1) is 32.5 Å². The molecule has 1 aromatic carbocycles. The van der Waals surface area contributed by atoms with Crippen LogP contribution in [0.15, 0.2) is 34.9 Å². The molecule has 0 aliphatic rings. The van der Waals surface area contributed by atoms with E-state index in [1.165, 1.54) is 18.2 Å². The summed E-state index contributed by atoms with van der Waals surface area (Å²) in [5.74, 6) is -1.04. The molecular formula is C20H17F2N2O+. The smallest absolute Gasteiger partial charge is 0.230 e. The second kappa shape index (κ2) is 5.34. The van der Waals surface area contributed by atoms with Crippen molar-refractivity contribution in [3.05, 3.63) is 58.9 Å². The van der Waals surface area contributed by atoms with Gasteiger partial charge in [0, 0.05) is 11.6 Å². The monoisotopic (exact) mass is 339 g/mol. The van der Waals surface area contributed by atoms with Crippen molar-refractivity contribution < 1.29 is 17.8 Å². The van der Waals surface area contributed by atoms with Crippen molar-refractivity contribution in [2.24, 2.45) is 7.05 Å². The molecule has 0 unspecified atom stereocenters. The summed E-state index contributed by atoms with van der Waals surface area (Å²) in [6.07, 6.45) is 2.03. The van der Waals surface area contributed by atoms with Crippen LogP contribution in [0.5, 0.6) is 0 Å². The molecule has 0 saturated heterocycles. The predicted molar refractivity (Wildman–Crippen MR) is 92.3 cm³/mol. The Morgan fingerprint density at radius 3 is 2.52 bits per heavy atom. The average molecular weight is 339 g/mol. The third-order valence-corrected chi connectivity index (χ3v) is 4.72. The zero-order valence-electron chi connectivity index (χ0n) is 14.4. The third kappa shape index (κ3) is 2.30. The summed E-state index contributed by atoms with van der Waals surface area (Å²) < 4.78 is 35.9. The van der Waals surface area contributed by atoms with Gasteiger partial charge in [0.2, 0.25) is 17.4 Å². The van der Waals surface area contributed by atoms with Crippen LogP contribution in [0.1, 0.15) is 16.7 Å². The number of rotatable bonds is 1. The third-order valence-electron chi connectivity index (χ3n) is 4.72. The van der Waals surface area contributed by atoms with Crippen LogP contribution in [0.4, 0.5) is 8.78 Å². The maximum atomic E-state index is 14.7. The predicted octanol–water partition coefficient (Wildman–Crippen LogP) is 4.68. The lowest BCUT2D eigenvalue weighted by Crippen LogP contribution is -2.31. The Hall–Kier alpha value is -2.82. The molecule has 0 aliphatic carbocycles. The fourth-order valence-corrected chi connectivity index (χ4v) is 3.33. The minimum absolute atomic E-state index is 0.104. The number of fused-ring (bicyclic) bond motifs is 3. The Morgan fingerprint density at radius 2 is 1.76 bits per heavy atom. The van der Waals surface area contributed by atoms with Gasteiger partial charge in [-0.2, -0.15) is 9.37 Å². The number of hydrogen-bond acceptors (Lipinski definition) is 2. The normalized spacial score (nSPS) is 11.6. The van der Waals surface area contributed by atoms with Gasteiger partial charge in [0.15, 0.2) is 11.8 Å².